The average Bonchev–Trinajstić information content (AvgIpc) is 2.38. The molecule has 0 fully saturated rings. The van der Waals surface area contributed by atoms with Crippen LogP contribution in [-0.4, -0.2) is 37.6 Å². The number of nitrogens with two attached hydrogens (primary N) is 1. The number of amides is 1. The smallest absolute Gasteiger partial charge is 0.241 e. The summed E-state index contributed by atoms with van der Waals surface area (Å²) >= 11 is 0. The molecule has 0 saturated carbocycles. The number of hydrogen-bond acceptors (Lipinski definition) is 1. The zero-order chi connectivity index (χ0) is 14.7. The molecular formula is C16H25ClN2O. The maximum absolute atomic E-state index is 10.3. The van der Waals surface area contributed by atoms with Crippen molar-refractivity contribution < 1.29 is 21.7 Å². The lowest BCUT2D eigenvalue weighted by molar-refractivity contribution is -0.882. The van der Waals surface area contributed by atoms with Crippen molar-refractivity contribution in [2.75, 3.05) is 27.2 Å². The summed E-state index contributed by atoms with van der Waals surface area (Å²) in [5.41, 5.74) is 5.89. The summed E-state index contributed by atoms with van der Waals surface area (Å²) in [4.78, 5) is 10.3. The molecule has 0 atom stereocenters. The molecule has 1 aromatic carbocycles. The van der Waals surface area contributed by atoms with E-state index in [4.69, 9.17) is 5.73 Å². The lowest BCUT2D eigenvalue weighted by Crippen LogP contribution is -3.00. The second kappa shape index (κ2) is 11.3. The van der Waals surface area contributed by atoms with Crippen LogP contribution in [0.3, 0.4) is 0 Å². The normalized spacial score (nSPS) is 10.2. The van der Waals surface area contributed by atoms with Gasteiger partial charge in [0.05, 0.1) is 27.2 Å². The maximum atomic E-state index is 10.3. The van der Waals surface area contributed by atoms with E-state index in [2.05, 4.69) is 27.6 Å². The SMILES string of the molecule is C=CC[N+](C)(C)CC.NC(=O)C=Cc1ccccc1.[Cl-]. The first-order valence-corrected chi connectivity index (χ1v) is 6.36. The minimum atomic E-state index is -0.422. The monoisotopic (exact) mass is 296 g/mol. The zero-order valence-corrected chi connectivity index (χ0v) is 13.3. The summed E-state index contributed by atoms with van der Waals surface area (Å²) in [5.74, 6) is -0.422. The first-order chi connectivity index (χ1) is 8.91. The van der Waals surface area contributed by atoms with Crippen molar-refractivity contribution in [1.29, 1.82) is 0 Å². The number of halogens is 1. The third-order valence-corrected chi connectivity index (χ3v) is 2.72. The Hall–Kier alpha value is -1.58. The summed E-state index contributed by atoms with van der Waals surface area (Å²) in [6.07, 6.45) is 4.99. The number of benzene rings is 1. The van der Waals surface area contributed by atoms with Crippen LogP contribution >= 0.6 is 0 Å². The van der Waals surface area contributed by atoms with Crippen molar-refractivity contribution in [1.82, 2.24) is 0 Å². The van der Waals surface area contributed by atoms with Crippen LogP contribution in [0.1, 0.15) is 12.5 Å². The molecular weight excluding hydrogens is 272 g/mol. The fourth-order valence-electron chi connectivity index (χ4n) is 1.22. The molecule has 1 amide bonds. The Bertz CT molecular complexity index is 414. The molecule has 0 bridgehead atoms. The number of carbonyl (C=O) groups excluding carboxylic acids is 1. The van der Waals surface area contributed by atoms with Crippen LogP contribution < -0.4 is 18.1 Å². The molecule has 4 heteroatoms. The van der Waals surface area contributed by atoms with Gasteiger partial charge in [-0.15, -0.1) is 0 Å². The molecule has 0 saturated heterocycles. The Kier molecular flexibility index (Phi) is 11.7. The number of quaternary nitrogens is 1. The third kappa shape index (κ3) is 11.5. The van der Waals surface area contributed by atoms with Crippen LogP contribution in [0.5, 0.6) is 0 Å². The van der Waals surface area contributed by atoms with Crippen LogP contribution in [0.2, 0.25) is 0 Å². The van der Waals surface area contributed by atoms with Gasteiger partial charge in [0.2, 0.25) is 5.91 Å². The van der Waals surface area contributed by atoms with Gasteiger partial charge in [0.1, 0.15) is 0 Å². The van der Waals surface area contributed by atoms with E-state index >= 15 is 0 Å². The largest absolute Gasteiger partial charge is 1.00 e. The predicted octanol–water partition coefficient (Wildman–Crippen LogP) is -0.542. The Morgan fingerprint density at radius 3 is 2.20 bits per heavy atom. The zero-order valence-electron chi connectivity index (χ0n) is 12.6. The van der Waals surface area contributed by atoms with E-state index in [1.54, 1.807) is 6.08 Å². The highest BCUT2D eigenvalue weighted by atomic mass is 35.5. The van der Waals surface area contributed by atoms with Crippen LogP contribution in [0.15, 0.2) is 49.1 Å². The van der Waals surface area contributed by atoms with Gasteiger partial charge in [-0.05, 0) is 24.6 Å². The highest BCUT2D eigenvalue weighted by molar-refractivity contribution is 5.90. The average molecular weight is 297 g/mol. The van der Waals surface area contributed by atoms with Gasteiger partial charge in [0.25, 0.3) is 0 Å². The fourth-order valence-corrected chi connectivity index (χ4v) is 1.22. The standard InChI is InChI=1S/C9H9NO.C7H16N.ClH/c10-9(11)7-6-8-4-2-1-3-5-8;1-5-7-8(3,4)6-2;/h1-7H,(H2,10,11);5H,1,6-7H2,2-4H3;1H/q;+1;/p-1. The van der Waals surface area contributed by atoms with Crippen molar-refractivity contribution in [3.05, 3.63) is 54.6 Å². The first-order valence-electron chi connectivity index (χ1n) is 6.36. The van der Waals surface area contributed by atoms with Crippen LogP contribution in [0.25, 0.3) is 6.08 Å². The minimum Gasteiger partial charge on any atom is -1.00 e. The summed E-state index contributed by atoms with van der Waals surface area (Å²) in [6, 6.07) is 9.53. The summed E-state index contributed by atoms with van der Waals surface area (Å²) in [7, 11) is 4.39. The molecule has 0 unspecified atom stereocenters. The van der Waals surface area contributed by atoms with Crippen molar-refractivity contribution in [2.45, 2.75) is 6.92 Å². The van der Waals surface area contributed by atoms with Crippen LogP contribution in [0.4, 0.5) is 0 Å². The van der Waals surface area contributed by atoms with Gasteiger partial charge < -0.3 is 22.6 Å². The van der Waals surface area contributed by atoms with Crippen molar-refractivity contribution >= 4 is 12.0 Å². The number of rotatable bonds is 5. The summed E-state index contributed by atoms with van der Waals surface area (Å²) in [5, 5.41) is 0. The van der Waals surface area contributed by atoms with Crippen molar-refractivity contribution in [3.63, 3.8) is 0 Å². The number of primary amides is 1. The molecule has 0 heterocycles. The molecule has 0 aromatic heterocycles. The van der Waals surface area contributed by atoms with Gasteiger partial charge in [0.15, 0.2) is 0 Å². The molecule has 0 aliphatic heterocycles. The second-order valence-corrected chi connectivity index (χ2v) is 4.87. The van der Waals surface area contributed by atoms with Crippen molar-refractivity contribution in [3.8, 4) is 0 Å². The molecule has 112 valence electrons. The molecule has 0 aliphatic carbocycles. The van der Waals surface area contributed by atoms with Crippen LogP contribution in [0, 0.1) is 0 Å². The molecule has 1 rings (SSSR count). The lowest BCUT2D eigenvalue weighted by atomic mass is 10.2. The van der Waals surface area contributed by atoms with E-state index in [1.807, 2.05) is 36.4 Å². The number of carbonyl (C=O) groups is 1. The number of likely N-dealkylation sites (N-methyl/N-ethyl adjacent to an activating group) is 1. The summed E-state index contributed by atoms with van der Waals surface area (Å²) < 4.78 is 1.05. The maximum Gasteiger partial charge on any atom is 0.241 e. The molecule has 2 N–H and O–H groups in total. The molecule has 1 aromatic rings. The summed E-state index contributed by atoms with van der Waals surface area (Å²) in [6.45, 7) is 8.10. The Morgan fingerprint density at radius 1 is 1.30 bits per heavy atom. The lowest BCUT2D eigenvalue weighted by Gasteiger charge is -2.26. The molecule has 0 aliphatic rings. The van der Waals surface area contributed by atoms with E-state index in [0.717, 1.165) is 16.6 Å². The van der Waals surface area contributed by atoms with Gasteiger partial charge in [-0.1, -0.05) is 36.9 Å². The Labute approximate surface area is 128 Å². The van der Waals surface area contributed by atoms with Gasteiger partial charge in [0, 0.05) is 6.08 Å². The first kappa shape index (κ1) is 20.7. The van der Waals surface area contributed by atoms with Gasteiger partial charge >= 0.3 is 0 Å². The molecule has 0 radical (unpaired) electrons. The van der Waals surface area contributed by atoms with Gasteiger partial charge in [-0.2, -0.15) is 0 Å². The third-order valence-electron chi connectivity index (χ3n) is 2.72. The van der Waals surface area contributed by atoms with E-state index in [0.29, 0.717) is 0 Å². The van der Waals surface area contributed by atoms with Gasteiger partial charge in [-0.25, -0.2) is 0 Å². The molecule has 20 heavy (non-hydrogen) atoms. The highest BCUT2D eigenvalue weighted by Crippen LogP contribution is 1.99. The van der Waals surface area contributed by atoms with Crippen molar-refractivity contribution in [2.24, 2.45) is 5.73 Å². The molecule has 3 nitrogen and oxygen atoms in total. The van der Waals surface area contributed by atoms with Gasteiger partial charge in [-0.3, -0.25) is 4.79 Å². The second-order valence-electron chi connectivity index (χ2n) is 4.87. The fraction of sp³-hybridized carbons (Fsp3) is 0.312. The number of hydrogen-bond donors (Lipinski definition) is 1. The van der Waals surface area contributed by atoms with E-state index < -0.39 is 5.91 Å². The highest BCUT2D eigenvalue weighted by Gasteiger charge is 2.06. The minimum absolute atomic E-state index is 0. The van der Waals surface area contributed by atoms with E-state index in [9.17, 15) is 4.79 Å². The predicted molar refractivity (Wildman–Crippen MR) is 82.4 cm³/mol. The molecule has 0 spiro atoms. The number of nitrogens with zero attached hydrogens (tertiary/aromatic N) is 1. The Balaban J connectivity index is 0. The Morgan fingerprint density at radius 2 is 1.85 bits per heavy atom. The quantitative estimate of drug-likeness (QED) is 0.443. The van der Waals surface area contributed by atoms with Crippen LogP contribution in [-0.2, 0) is 4.79 Å². The van der Waals surface area contributed by atoms with E-state index in [1.165, 1.54) is 12.6 Å². The van der Waals surface area contributed by atoms with E-state index in [-0.39, 0.29) is 12.4 Å². The topological polar surface area (TPSA) is 43.1 Å².